The molecule has 6 heteroatoms. The summed E-state index contributed by atoms with van der Waals surface area (Å²) < 4.78 is 8.04. The van der Waals surface area contributed by atoms with E-state index >= 15 is 0 Å². The van der Waals surface area contributed by atoms with Crippen LogP contribution in [0.15, 0.2) is 23.3 Å². The zero-order chi connectivity index (χ0) is 13.1. The largest absolute Gasteiger partial charge is 0.481 e. The topological polar surface area (TPSA) is 61.9 Å². The Bertz CT molecular complexity index is 600. The Morgan fingerprint density at radius 3 is 2.72 bits per heavy atom. The summed E-state index contributed by atoms with van der Waals surface area (Å²) >= 11 is 0. The molecule has 0 saturated carbocycles. The summed E-state index contributed by atoms with van der Waals surface area (Å²) in [5, 5.41) is 4.02. The number of rotatable bonds is 4. The molecule has 0 spiro atoms. The third-order valence-corrected chi connectivity index (χ3v) is 2.82. The standard InChI is InChI=1S/C12H16N4O2/c1-4-16-12(17)15(8-13-16)7-10-5-6-11(18-3)14-9(10)2/h5-6,8H,4,7H2,1-3H3. The van der Waals surface area contributed by atoms with Crippen LogP contribution in [0.5, 0.6) is 5.88 Å². The van der Waals surface area contributed by atoms with Crippen molar-refractivity contribution in [3.8, 4) is 5.88 Å². The Labute approximate surface area is 105 Å². The second-order valence-electron chi connectivity index (χ2n) is 3.96. The Morgan fingerprint density at radius 1 is 1.39 bits per heavy atom. The first kappa shape index (κ1) is 12.3. The van der Waals surface area contributed by atoms with Gasteiger partial charge in [0.05, 0.1) is 13.7 Å². The van der Waals surface area contributed by atoms with Crippen LogP contribution in [0.1, 0.15) is 18.2 Å². The molecule has 0 amide bonds. The van der Waals surface area contributed by atoms with Gasteiger partial charge < -0.3 is 4.74 Å². The number of methoxy groups -OCH3 is 1. The van der Waals surface area contributed by atoms with Crippen molar-refractivity contribution >= 4 is 0 Å². The molecule has 2 aromatic heterocycles. The molecule has 0 bridgehead atoms. The highest BCUT2D eigenvalue weighted by molar-refractivity contribution is 5.25. The molecule has 0 unspecified atom stereocenters. The van der Waals surface area contributed by atoms with E-state index in [-0.39, 0.29) is 5.69 Å². The van der Waals surface area contributed by atoms with E-state index < -0.39 is 0 Å². The van der Waals surface area contributed by atoms with Crippen molar-refractivity contribution in [2.45, 2.75) is 26.9 Å². The lowest BCUT2D eigenvalue weighted by molar-refractivity contribution is 0.396. The second kappa shape index (κ2) is 5.03. The minimum atomic E-state index is -0.104. The normalized spacial score (nSPS) is 10.6. The van der Waals surface area contributed by atoms with Crippen LogP contribution in [0.3, 0.4) is 0 Å². The van der Waals surface area contributed by atoms with Gasteiger partial charge in [0.25, 0.3) is 0 Å². The zero-order valence-electron chi connectivity index (χ0n) is 10.8. The SMILES string of the molecule is CCn1ncn(Cc2ccc(OC)nc2C)c1=O. The monoisotopic (exact) mass is 248 g/mol. The summed E-state index contributed by atoms with van der Waals surface area (Å²) in [6.45, 7) is 4.83. The van der Waals surface area contributed by atoms with E-state index in [0.717, 1.165) is 11.3 Å². The highest BCUT2D eigenvalue weighted by atomic mass is 16.5. The van der Waals surface area contributed by atoms with Gasteiger partial charge in [-0.1, -0.05) is 6.07 Å². The first-order valence-corrected chi connectivity index (χ1v) is 5.78. The van der Waals surface area contributed by atoms with E-state index in [1.807, 2.05) is 19.9 Å². The lowest BCUT2D eigenvalue weighted by Gasteiger charge is -2.06. The van der Waals surface area contributed by atoms with Crippen molar-refractivity contribution in [1.29, 1.82) is 0 Å². The molecule has 2 heterocycles. The fraction of sp³-hybridized carbons (Fsp3) is 0.417. The minimum Gasteiger partial charge on any atom is -0.481 e. The number of hydrogen-bond acceptors (Lipinski definition) is 4. The molecule has 0 saturated heterocycles. The van der Waals surface area contributed by atoms with Gasteiger partial charge in [-0.25, -0.2) is 14.5 Å². The van der Waals surface area contributed by atoms with Gasteiger partial charge >= 0.3 is 5.69 Å². The quantitative estimate of drug-likeness (QED) is 0.804. The Hall–Kier alpha value is -2.11. The fourth-order valence-corrected chi connectivity index (χ4v) is 1.73. The molecule has 0 N–H and O–H groups in total. The van der Waals surface area contributed by atoms with Crippen molar-refractivity contribution in [2.75, 3.05) is 7.11 Å². The average Bonchev–Trinajstić information content (AvgIpc) is 2.73. The lowest BCUT2D eigenvalue weighted by atomic mass is 10.2. The summed E-state index contributed by atoms with van der Waals surface area (Å²) in [7, 11) is 1.58. The molecule has 0 aromatic carbocycles. The Morgan fingerprint density at radius 2 is 2.17 bits per heavy atom. The van der Waals surface area contributed by atoms with Crippen LogP contribution in [-0.2, 0) is 13.1 Å². The average molecular weight is 248 g/mol. The number of aryl methyl sites for hydroxylation is 2. The van der Waals surface area contributed by atoms with Crippen LogP contribution < -0.4 is 10.4 Å². The van der Waals surface area contributed by atoms with Gasteiger partial charge in [-0.3, -0.25) is 4.57 Å². The first-order valence-electron chi connectivity index (χ1n) is 5.78. The predicted octanol–water partition coefficient (Wildman–Crippen LogP) is 0.825. The van der Waals surface area contributed by atoms with Gasteiger partial charge in [0.2, 0.25) is 5.88 Å². The van der Waals surface area contributed by atoms with E-state index in [1.54, 1.807) is 24.1 Å². The molecular weight excluding hydrogens is 232 g/mol. The van der Waals surface area contributed by atoms with Gasteiger partial charge in [0, 0.05) is 18.3 Å². The van der Waals surface area contributed by atoms with Crippen LogP contribution in [0.4, 0.5) is 0 Å². The van der Waals surface area contributed by atoms with Gasteiger partial charge in [0.15, 0.2) is 0 Å². The van der Waals surface area contributed by atoms with E-state index in [4.69, 9.17) is 4.74 Å². The van der Waals surface area contributed by atoms with Crippen LogP contribution in [0.2, 0.25) is 0 Å². The number of hydrogen-bond donors (Lipinski definition) is 0. The van der Waals surface area contributed by atoms with Crippen LogP contribution >= 0.6 is 0 Å². The molecule has 0 fully saturated rings. The molecule has 0 atom stereocenters. The molecule has 0 radical (unpaired) electrons. The molecule has 6 nitrogen and oxygen atoms in total. The maximum atomic E-state index is 11.9. The number of nitrogens with zero attached hydrogens (tertiary/aromatic N) is 4. The molecule has 0 aliphatic heterocycles. The second-order valence-corrected chi connectivity index (χ2v) is 3.96. The summed E-state index contributed by atoms with van der Waals surface area (Å²) in [5.41, 5.74) is 1.73. The van der Waals surface area contributed by atoms with Crippen LogP contribution in [0, 0.1) is 6.92 Å². The number of ether oxygens (including phenoxy) is 1. The van der Waals surface area contributed by atoms with Gasteiger partial charge in [-0.05, 0) is 19.4 Å². The van der Waals surface area contributed by atoms with Crippen LogP contribution in [-0.4, -0.2) is 26.4 Å². The summed E-state index contributed by atoms with van der Waals surface area (Å²) in [6.07, 6.45) is 1.55. The fourth-order valence-electron chi connectivity index (χ4n) is 1.73. The maximum absolute atomic E-state index is 11.9. The third-order valence-electron chi connectivity index (χ3n) is 2.82. The summed E-state index contributed by atoms with van der Waals surface area (Å²) in [5.74, 6) is 0.577. The molecule has 18 heavy (non-hydrogen) atoms. The number of aromatic nitrogens is 4. The van der Waals surface area contributed by atoms with Gasteiger partial charge in [-0.15, -0.1) is 0 Å². The van der Waals surface area contributed by atoms with E-state index in [2.05, 4.69) is 10.1 Å². The molecule has 2 aromatic rings. The third kappa shape index (κ3) is 2.27. The molecule has 0 aliphatic rings. The van der Waals surface area contributed by atoms with Crippen molar-refractivity contribution in [1.82, 2.24) is 19.3 Å². The number of pyridine rings is 1. The Kier molecular flexibility index (Phi) is 3.45. The summed E-state index contributed by atoms with van der Waals surface area (Å²) in [6, 6.07) is 3.70. The molecular formula is C12H16N4O2. The van der Waals surface area contributed by atoms with E-state index in [9.17, 15) is 4.79 Å². The van der Waals surface area contributed by atoms with Gasteiger partial charge in [-0.2, -0.15) is 5.10 Å². The molecule has 0 aliphatic carbocycles. The first-order chi connectivity index (χ1) is 8.65. The van der Waals surface area contributed by atoms with Crippen molar-refractivity contribution in [3.63, 3.8) is 0 Å². The zero-order valence-corrected chi connectivity index (χ0v) is 10.8. The predicted molar refractivity (Wildman–Crippen MR) is 66.8 cm³/mol. The molecule has 96 valence electrons. The van der Waals surface area contributed by atoms with E-state index in [1.165, 1.54) is 4.68 Å². The van der Waals surface area contributed by atoms with E-state index in [0.29, 0.717) is 19.0 Å². The van der Waals surface area contributed by atoms with Crippen LogP contribution in [0.25, 0.3) is 0 Å². The van der Waals surface area contributed by atoms with Crippen molar-refractivity contribution in [2.24, 2.45) is 0 Å². The van der Waals surface area contributed by atoms with Crippen molar-refractivity contribution in [3.05, 3.63) is 40.2 Å². The minimum absolute atomic E-state index is 0.104. The highest BCUT2D eigenvalue weighted by Crippen LogP contribution is 2.12. The highest BCUT2D eigenvalue weighted by Gasteiger charge is 2.07. The molecule has 2 rings (SSSR count). The van der Waals surface area contributed by atoms with Crippen molar-refractivity contribution < 1.29 is 4.74 Å². The summed E-state index contributed by atoms with van der Waals surface area (Å²) in [4.78, 5) is 16.1. The Balaban J connectivity index is 2.28. The smallest absolute Gasteiger partial charge is 0.346 e. The van der Waals surface area contributed by atoms with Gasteiger partial charge in [0.1, 0.15) is 6.33 Å². The maximum Gasteiger partial charge on any atom is 0.346 e. The lowest BCUT2D eigenvalue weighted by Crippen LogP contribution is -2.24.